The van der Waals surface area contributed by atoms with E-state index in [2.05, 4.69) is 20.8 Å². The summed E-state index contributed by atoms with van der Waals surface area (Å²) in [7, 11) is 0. The maximum Gasteiger partial charge on any atom is 0.360 e. The van der Waals surface area contributed by atoms with Crippen molar-refractivity contribution in [1.29, 1.82) is 0 Å². The number of hydrogen-bond acceptors (Lipinski definition) is 9. The summed E-state index contributed by atoms with van der Waals surface area (Å²) in [5, 5.41) is 12.7. The van der Waals surface area contributed by atoms with E-state index in [0.717, 1.165) is 19.3 Å². The third-order valence-electron chi connectivity index (χ3n) is 10.8. The lowest BCUT2D eigenvalue weighted by Crippen LogP contribution is -2.80. The van der Waals surface area contributed by atoms with Crippen LogP contribution in [0.2, 0.25) is 0 Å². The second kappa shape index (κ2) is 8.68. The summed E-state index contributed by atoms with van der Waals surface area (Å²) < 4.78 is 23.4. The molecule has 9 heteroatoms. The first-order chi connectivity index (χ1) is 17.2. The van der Waals surface area contributed by atoms with Crippen LogP contribution in [-0.4, -0.2) is 46.7 Å². The van der Waals surface area contributed by atoms with E-state index >= 15 is 0 Å². The van der Waals surface area contributed by atoms with Crippen molar-refractivity contribution < 1.29 is 43.2 Å². The molecule has 5 fully saturated rings. The second-order valence-corrected chi connectivity index (χ2v) is 13.0. The predicted octanol–water partition coefficient (Wildman–Crippen LogP) is 3.64. The van der Waals surface area contributed by atoms with Crippen LogP contribution in [0.1, 0.15) is 92.4 Å². The summed E-state index contributed by atoms with van der Waals surface area (Å²) in [5.74, 6) is -7.66. The third kappa shape index (κ3) is 3.73. The maximum atomic E-state index is 13.0. The van der Waals surface area contributed by atoms with Gasteiger partial charge in [-0.1, -0.05) is 41.0 Å². The molecule has 1 spiro atoms. The number of hydrogen-bond donors (Lipinski definition) is 1. The molecule has 0 radical (unpaired) electrons. The number of carbonyl (C=O) groups is 4. The number of esters is 4. The molecule has 9 atom stereocenters. The lowest BCUT2D eigenvalue weighted by molar-refractivity contribution is -0.454. The van der Waals surface area contributed by atoms with Crippen molar-refractivity contribution in [1.82, 2.24) is 0 Å². The van der Waals surface area contributed by atoms with Gasteiger partial charge in [-0.05, 0) is 54.8 Å². The Morgan fingerprint density at radius 2 is 1.32 bits per heavy atom. The van der Waals surface area contributed by atoms with Crippen molar-refractivity contribution in [2.24, 2.45) is 40.4 Å². The summed E-state index contributed by atoms with van der Waals surface area (Å²) in [6.45, 7) is 10.7. The smallest absolute Gasteiger partial charge is 0.360 e. The van der Waals surface area contributed by atoms with Crippen molar-refractivity contribution >= 4 is 23.9 Å². The molecule has 3 unspecified atom stereocenters. The molecule has 5 aliphatic rings. The average Bonchev–Trinajstić information content (AvgIpc) is 2.80. The number of ether oxygens (including phenoxy) is 4. The van der Waals surface area contributed by atoms with Crippen LogP contribution in [0.3, 0.4) is 0 Å². The van der Waals surface area contributed by atoms with E-state index in [-0.39, 0.29) is 37.0 Å². The molecule has 2 heterocycles. The minimum absolute atomic E-state index is 0.0595. The fraction of sp³-hybridized carbons (Fsp3) is 0.857. The molecule has 0 aromatic carbocycles. The van der Waals surface area contributed by atoms with Crippen LogP contribution in [0.4, 0.5) is 0 Å². The van der Waals surface area contributed by atoms with Gasteiger partial charge in [0.15, 0.2) is 6.10 Å². The van der Waals surface area contributed by atoms with Gasteiger partial charge in [0.05, 0.1) is 25.7 Å². The van der Waals surface area contributed by atoms with E-state index in [1.165, 1.54) is 0 Å². The van der Waals surface area contributed by atoms with Crippen LogP contribution in [0.5, 0.6) is 0 Å². The normalized spacial score (nSPS) is 47.8. The highest BCUT2D eigenvalue weighted by atomic mass is 16.8. The molecule has 0 aromatic rings. The van der Waals surface area contributed by atoms with Gasteiger partial charge in [0.1, 0.15) is 0 Å². The first kappa shape index (κ1) is 26.4. The standard InChI is InChI=1S/C28H40O9/c1-15-6-7-17-14-19-16(2)24-27(35-21(30)9-8-20(29)34-24)28(33,37-23(32)11-10-22(31)36-27)26(19,5)13-12-18(15)25(17,3)4/h15-19,24,33H,6-14H2,1-5H3/t15-,16-,17+,18+,19-,24?,26+,27?,28?/m1/s1. The summed E-state index contributed by atoms with van der Waals surface area (Å²) in [6, 6.07) is 0. The Hall–Kier alpha value is -2.16. The van der Waals surface area contributed by atoms with Crippen LogP contribution in [-0.2, 0) is 38.1 Å². The minimum Gasteiger partial charge on any atom is -0.453 e. The molecular weight excluding hydrogens is 480 g/mol. The summed E-state index contributed by atoms with van der Waals surface area (Å²) in [4.78, 5) is 51.6. The Labute approximate surface area is 217 Å². The van der Waals surface area contributed by atoms with Crippen molar-refractivity contribution in [3.8, 4) is 0 Å². The van der Waals surface area contributed by atoms with Crippen LogP contribution < -0.4 is 0 Å². The predicted molar refractivity (Wildman–Crippen MR) is 128 cm³/mol. The van der Waals surface area contributed by atoms with Gasteiger partial charge < -0.3 is 24.1 Å². The molecule has 2 aliphatic heterocycles. The van der Waals surface area contributed by atoms with Crippen LogP contribution in [0.25, 0.3) is 0 Å². The summed E-state index contributed by atoms with van der Waals surface area (Å²) in [6.07, 6.45) is 1.65. The molecule has 206 valence electrons. The van der Waals surface area contributed by atoms with Crippen LogP contribution in [0.15, 0.2) is 0 Å². The first-order valence-electron chi connectivity index (χ1n) is 13.8. The zero-order valence-corrected chi connectivity index (χ0v) is 22.5. The number of carbonyl (C=O) groups excluding carboxylic acids is 4. The Balaban J connectivity index is 1.72. The number of rotatable bonds is 0. The Kier molecular flexibility index (Phi) is 6.20. The van der Waals surface area contributed by atoms with Crippen LogP contribution >= 0.6 is 0 Å². The summed E-state index contributed by atoms with van der Waals surface area (Å²) >= 11 is 0. The molecule has 2 saturated heterocycles. The van der Waals surface area contributed by atoms with Gasteiger partial charge in [-0.2, -0.15) is 0 Å². The van der Waals surface area contributed by atoms with E-state index in [0.29, 0.717) is 30.6 Å². The quantitative estimate of drug-likeness (QED) is 0.376. The SMILES string of the molecule is C[C@@H]1CC[C@H]2C[C@@H]3[C@@H](C)C4OC(=O)CCC(=O)OC45OC(=O)CCC(=O)OC5(O)[C@@]3(C)CC[C@@H]1C2(C)C. The molecule has 5 rings (SSSR count). The van der Waals surface area contributed by atoms with Gasteiger partial charge in [-0.25, -0.2) is 0 Å². The molecule has 0 amide bonds. The van der Waals surface area contributed by atoms with E-state index in [1.54, 1.807) is 0 Å². The molecule has 9 nitrogen and oxygen atoms in total. The van der Waals surface area contributed by atoms with Crippen molar-refractivity contribution in [2.45, 2.75) is 110 Å². The highest BCUT2D eigenvalue weighted by Gasteiger charge is 2.81. The number of fused-ring (bicyclic) bond motifs is 4. The third-order valence-corrected chi connectivity index (χ3v) is 10.8. The highest BCUT2D eigenvalue weighted by molar-refractivity contribution is 5.81. The van der Waals surface area contributed by atoms with Gasteiger partial charge in [-0.3, -0.25) is 19.2 Å². The van der Waals surface area contributed by atoms with E-state index < -0.39 is 52.9 Å². The average molecular weight is 521 g/mol. The topological polar surface area (TPSA) is 125 Å². The Bertz CT molecular complexity index is 988. The maximum absolute atomic E-state index is 13.0. The van der Waals surface area contributed by atoms with Gasteiger partial charge in [0.2, 0.25) is 0 Å². The number of aliphatic hydroxyl groups is 1. The van der Waals surface area contributed by atoms with E-state index in [4.69, 9.17) is 18.9 Å². The lowest BCUT2D eigenvalue weighted by Gasteiger charge is -2.65. The first-order valence-corrected chi connectivity index (χ1v) is 13.8. The zero-order chi connectivity index (χ0) is 27.0. The molecule has 2 bridgehead atoms. The van der Waals surface area contributed by atoms with Gasteiger partial charge >= 0.3 is 29.7 Å². The minimum atomic E-state index is -2.54. The second-order valence-electron chi connectivity index (χ2n) is 13.0. The molecule has 0 aromatic heterocycles. The summed E-state index contributed by atoms with van der Waals surface area (Å²) in [5.41, 5.74) is -1.09. The monoisotopic (exact) mass is 520 g/mol. The van der Waals surface area contributed by atoms with E-state index in [9.17, 15) is 24.3 Å². The molecular formula is C28H40O9. The largest absolute Gasteiger partial charge is 0.453 e. The molecule has 1 N–H and O–H groups in total. The van der Waals surface area contributed by atoms with Crippen molar-refractivity contribution in [2.75, 3.05) is 0 Å². The van der Waals surface area contributed by atoms with E-state index in [1.807, 2.05) is 13.8 Å². The highest BCUT2D eigenvalue weighted by Crippen LogP contribution is 2.66. The Morgan fingerprint density at radius 1 is 0.757 bits per heavy atom. The molecule has 37 heavy (non-hydrogen) atoms. The fourth-order valence-electron chi connectivity index (χ4n) is 8.64. The molecule has 3 aliphatic carbocycles. The van der Waals surface area contributed by atoms with Gasteiger partial charge in [0.25, 0.3) is 5.79 Å². The van der Waals surface area contributed by atoms with Crippen molar-refractivity contribution in [3.63, 3.8) is 0 Å². The molecule has 3 saturated carbocycles. The fourth-order valence-corrected chi connectivity index (χ4v) is 8.64. The van der Waals surface area contributed by atoms with Gasteiger partial charge in [-0.15, -0.1) is 0 Å². The van der Waals surface area contributed by atoms with Crippen molar-refractivity contribution in [3.05, 3.63) is 0 Å². The Morgan fingerprint density at radius 3 is 1.95 bits per heavy atom. The zero-order valence-electron chi connectivity index (χ0n) is 22.5. The lowest BCUT2D eigenvalue weighted by atomic mass is 9.46. The van der Waals surface area contributed by atoms with Gasteiger partial charge in [0, 0.05) is 11.3 Å². The van der Waals surface area contributed by atoms with Crippen LogP contribution in [0, 0.1) is 40.4 Å².